The van der Waals surface area contributed by atoms with Crippen LogP contribution in [0.2, 0.25) is 0 Å². The summed E-state index contributed by atoms with van der Waals surface area (Å²) in [6.07, 6.45) is 1.52. The standard InChI is InChI=1S/C6H7NO5S/c1-2-7-4-3-6(5(7)8)11-13(9,10)12-6/h2H,1,3-4H2. The number of carbonyl (C=O) groups is 1. The Kier molecular flexibility index (Phi) is 1.54. The molecular weight excluding hydrogens is 198 g/mol. The van der Waals surface area contributed by atoms with Gasteiger partial charge in [-0.05, 0) is 6.20 Å². The van der Waals surface area contributed by atoms with Crippen LogP contribution in [-0.4, -0.2) is 31.6 Å². The van der Waals surface area contributed by atoms with Gasteiger partial charge in [-0.2, -0.15) is 8.42 Å². The molecule has 0 N–H and O–H groups in total. The van der Waals surface area contributed by atoms with Crippen molar-refractivity contribution in [1.82, 2.24) is 4.90 Å². The van der Waals surface area contributed by atoms with E-state index < -0.39 is 22.1 Å². The van der Waals surface area contributed by atoms with Gasteiger partial charge in [0.2, 0.25) is 0 Å². The Labute approximate surface area is 75.1 Å². The smallest absolute Gasteiger partial charge is 0.315 e. The Morgan fingerprint density at radius 1 is 1.54 bits per heavy atom. The van der Waals surface area contributed by atoms with E-state index in [-0.39, 0.29) is 6.42 Å². The minimum absolute atomic E-state index is 0.205. The first kappa shape index (κ1) is 8.67. The Morgan fingerprint density at radius 2 is 2.15 bits per heavy atom. The maximum absolute atomic E-state index is 11.4. The molecule has 0 saturated carbocycles. The van der Waals surface area contributed by atoms with E-state index >= 15 is 0 Å². The number of nitrogens with zero attached hydrogens (tertiary/aromatic N) is 1. The van der Waals surface area contributed by atoms with Crippen molar-refractivity contribution in [2.45, 2.75) is 12.2 Å². The van der Waals surface area contributed by atoms with Gasteiger partial charge in [-0.1, -0.05) is 6.58 Å². The van der Waals surface area contributed by atoms with Crippen molar-refractivity contribution < 1.29 is 21.6 Å². The summed E-state index contributed by atoms with van der Waals surface area (Å²) in [6, 6.07) is 0. The third kappa shape index (κ3) is 1.08. The van der Waals surface area contributed by atoms with Gasteiger partial charge in [0, 0.05) is 13.0 Å². The summed E-state index contributed by atoms with van der Waals surface area (Å²) in [6.45, 7) is 3.76. The Morgan fingerprint density at radius 3 is 2.54 bits per heavy atom. The first-order valence-electron chi connectivity index (χ1n) is 3.59. The summed E-state index contributed by atoms with van der Waals surface area (Å²) in [5.41, 5.74) is 0. The van der Waals surface area contributed by atoms with Crippen LogP contribution in [0, 0.1) is 0 Å². The van der Waals surface area contributed by atoms with Gasteiger partial charge in [0.1, 0.15) is 0 Å². The number of amides is 1. The van der Waals surface area contributed by atoms with Crippen LogP contribution in [-0.2, 0) is 23.6 Å². The van der Waals surface area contributed by atoms with Crippen molar-refractivity contribution in [2.24, 2.45) is 0 Å². The van der Waals surface area contributed by atoms with Gasteiger partial charge in [-0.15, -0.1) is 0 Å². The highest BCUT2D eigenvalue weighted by Gasteiger charge is 2.62. The van der Waals surface area contributed by atoms with Crippen LogP contribution < -0.4 is 0 Å². The molecule has 2 aliphatic heterocycles. The van der Waals surface area contributed by atoms with Crippen molar-refractivity contribution >= 4 is 16.3 Å². The summed E-state index contributed by atoms with van der Waals surface area (Å²) in [4.78, 5) is 12.6. The van der Waals surface area contributed by atoms with Crippen LogP contribution in [0.1, 0.15) is 6.42 Å². The molecule has 13 heavy (non-hydrogen) atoms. The summed E-state index contributed by atoms with van der Waals surface area (Å²) < 4.78 is 30.0. The lowest BCUT2D eigenvalue weighted by molar-refractivity contribution is -0.193. The SMILES string of the molecule is C=CN1CCC2(OS(=O)(=O)O2)C1=O. The molecule has 2 heterocycles. The zero-order valence-electron chi connectivity index (χ0n) is 6.60. The van der Waals surface area contributed by atoms with Crippen LogP contribution in [0.15, 0.2) is 12.8 Å². The first-order chi connectivity index (χ1) is 5.99. The van der Waals surface area contributed by atoms with E-state index in [1.54, 1.807) is 0 Å². The predicted molar refractivity (Wildman–Crippen MR) is 40.3 cm³/mol. The van der Waals surface area contributed by atoms with E-state index in [0.29, 0.717) is 6.54 Å². The van der Waals surface area contributed by atoms with Crippen LogP contribution in [0.5, 0.6) is 0 Å². The maximum atomic E-state index is 11.4. The molecule has 1 amide bonds. The van der Waals surface area contributed by atoms with Crippen LogP contribution in [0.3, 0.4) is 0 Å². The predicted octanol–water partition coefficient (Wildman–Crippen LogP) is -0.650. The molecule has 0 aliphatic carbocycles. The lowest BCUT2D eigenvalue weighted by Crippen LogP contribution is -2.55. The molecule has 6 nitrogen and oxygen atoms in total. The van der Waals surface area contributed by atoms with Crippen molar-refractivity contribution in [3.05, 3.63) is 12.8 Å². The second-order valence-electron chi connectivity index (χ2n) is 2.76. The van der Waals surface area contributed by atoms with Gasteiger partial charge in [0.15, 0.2) is 0 Å². The minimum Gasteiger partial charge on any atom is -0.315 e. The Hall–Kier alpha value is -0.920. The van der Waals surface area contributed by atoms with Crippen LogP contribution >= 0.6 is 0 Å². The van der Waals surface area contributed by atoms with Crippen LogP contribution in [0.4, 0.5) is 0 Å². The molecule has 0 atom stereocenters. The van der Waals surface area contributed by atoms with Crippen molar-refractivity contribution in [3.63, 3.8) is 0 Å². The quantitative estimate of drug-likeness (QED) is 0.568. The third-order valence-corrected chi connectivity index (χ3v) is 2.91. The van der Waals surface area contributed by atoms with Gasteiger partial charge in [-0.25, -0.2) is 8.37 Å². The molecule has 0 unspecified atom stereocenters. The summed E-state index contributed by atoms with van der Waals surface area (Å²) in [5, 5.41) is 0. The molecule has 0 aromatic rings. The zero-order chi connectivity index (χ0) is 9.69. The molecule has 1 spiro atoms. The molecule has 2 rings (SSSR count). The van der Waals surface area contributed by atoms with Gasteiger partial charge < -0.3 is 4.90 Å². The fourth-order valence-corrected chi connectivity index (χ4v) is 2.34. The lowest BCUT2D eigenvalue weighted by Gasteiger charge is -2.33. The van der Waals surface area contributed by atoms with Gasteiger partial charge in [0.25, 0.3) is 11.7 Å². The Bertz CT molecular complexity index is 360. The molecule has 2 aliphatic rings. The molecule has 7 heteroatoms. The number of hydrogen-bond acceptors (Lipinski definition) is 5. The monoisotopic (exact) mass is 205 g/mol. The molecular formula is C6H7NO5S. The number of likely N-dealkylation sites (tertiary alicyclic amines) is 1. The Balaban J connectivity index is 2.22. The van der Waals surface area contributed by atoms with Gasteiger partial charge >= 0.3 is 10.4 Å². The highest BCUT2D eigenvalue weighted by atomic mass is 32.3. The second kappa shape index (κ2) is 2.31. The van der Waals surface area contributed by atoms with E-state index in [1.165, 1.54) is 11.1 Å². The second-order valence-corrected chi connectivity index (χ2v) is 3.91. The average molecular weight is 205 g/mol. The third-order valence-electron chi connectivity index (χ3n) is 1.96. The van der Waals surface area contributed by atoms with Crippen LogP contribution in [0.25, 0.3) is 0 Å². The molecule has 2 fully saturated rings. The molecule has 0 radical (unpaired) electrons. The number of rotatable bonds is 1. The van der Waals surface area contributed by atoms with Crippen molar-refractivity contribution in [2.75, 3.05) is 6.54 Å². The first-order valence-corrected chi connectivity index (χ1v) is 4.92. The van der Waals surface area contributed by atoms with Crippen molar-refractivity contribution in [3.8, 4) is 0 Å². The van der Waals surface area contributed by atoms with E-state index in [2.05, 4.69) is 14.9 Å². The fraction of sp³-hybridized carbons (Fsp3) is 0.500. The molecule has 0 aromatic heterocycles. The summed E-state index contributed by atoms with van der Waals surface area (Å²) in [7, 11) is -3.92. The minimum atomic E-state index is -3.92. The molecule has 2 saturated heterocycles. The summed E-state index contributed by atoms with van der Waals surface area (Å²) >= 11 is 0. The highest BCUT2D eigenvalue weighted by molar-refractivity contribution is 7.83. The number of carbonyl (C=O) groups excluding carboxylic acids is 1. The largest absolute Gasteiger partial charge is 0.406 e. The molecule has 0 aromatic carbocycles. The summed E-state index contributed by atoms with van der Waals surface area (Å²) in [5.74, 6) is -2.11. The lowest BCUT2D eigenvalue weighted by atomic mass is 10.2. The van der Waals surface area contributed by atoms with E-state index in [1.807, 2.05) is 0 Å². The van der Waals surface area contributed by atoms with Crippen molar-refractivity contribution in [1.29, 1.82) is 0 Å². The zero-order valence-corrected chi connectivity index (χ0v) is 7.41. The molecule has 0 bridgehead atoms. The van der Waals surface area contributed by atoms with E-state index in [9.17, 15) is 13.2 Å². The van der Waals surface area contributed by atoms with Gasteiger partial charge in [0.05, 0.1) is 0 Å². The average Bonchev–Trinajstić information content (AvgIpc) is 2.28. The maximum Gasteiger partial charge on any atom is 0.406 e. The van der Waals surface area contributed by atoms with E-state index in [0.717, 1.165) is 0 Å². The van der Waals surface area contributed by atoms with Gasteiger partial charge in [-0.3, -0.25) is 4.79 Å². The number of hydrogen-bond donors (Lipinski definition) is 0. The fourth-order valence-electron chi connectivity index (χ4n) is 1.36. The highest BCUT2D eigenvalue weighted by Crippen LogP contribution is 2.39. The van der Waals surface area contributed by atoms with E-state index in [4.69, 9.17) is 0 Å². The topological polar surface area (TPSA) is 72.9 Å². The molecule has 72 valence electrons. The normalized spacial score (nSPS) is 28.9.